The quantitative estimate of drug-likeness (QED) is 0.794. The topological polar surface area (TPSA) is 53.4 Å². The predicted octanol–water partition coefficient (Wildman–Crippen LogP) is -0.00530. The molecule has 0 bridgehead atoms. The van der Waals surface area contributed by atoms with Gasteiger partial charge in [-0.3, -0.25) is 9.69 Å². The van der Waals surface area contributed by atoms with Crippen molar-refractivity contribution in [2.75, 3.05) is 51.2 Å². The maximum atomic E-state index is 12.1. The third kappa shape index (κ3) is 4.05. The molecule has 2 heterocycles. The van der Waals surface area contributed by atoms with E-state index in [0.29, 0.717) is 6.54 Å². The highest BCUT2D eigenvalue weighted by molar-refractivity contribution is 5.41. The second-order valence-electron chi connectivity index (χ2n) is 5.29. The third-order valence-electron chi connectivity index (χ3n) is 3.69. The van der Waals surface area contributed by atoms with E-state index in [4.69, 9.17) is 0 Å². The fourth-order valence-electron chi connectivity index (χ4n) is 2.44. The second-order valence-corrected chi connectivity index (χ2v) is 5.29. The van der Waals surface area contributed by atoms with Gasteiger partial charge in [-0.25, -0.2) is 4.68 Å². The number of rotatable bonds is 6. The van der Waals surface area contributed by atoms with Crippen molar-refractivity contribution >= 4 is 5.69 Å². The van der Waals surface area contributed by atoms with Crippen LogP contribution in [0, 0.1) is 0 Å². The van der Waals surface area contributed by atoms with Crippen molar-refractivity contribution < 1.29 is 0 Å². The first-order valence-electron chi connectivity index (χ1n) is 7.42. The van der Waals surface area contributed by atoms with Crippen molar-refractivity contribution in [1.82, 2.24) is 20.0 Å². The van der Waals surface area contributed by atoms with Crippen molar-refractivity contribution in [3.63, 3.8) is 0 Å². The van der Waals surface area contributed by atoms with Crippen LogP contribution in [0.15, 0.2) is 17.1 Å². The number of nitrogens with one attached hydrogen (secondary N) is 1. The Hall–Kier alpha value is -1.40. The number of aromatic nitrogens is 2. The van der Waals surface area contributed by atoms with Gasteiger partial charge in [0.05, 0.1) is 18.4 Å². The molecule has 0 spiro atoms. The highest BCUT2D eigenvalue weighted by Crippen LogP contribution is 2.07. The van der Waals surface area contributed by atoms with Crippen LogP contribution in [-0.2, 0) is 6.54 Å². The van der Waals surface area contributed by atoms with E-state index in [-0.39, 0.29) is 5.56 Å². The Bertz CT molecular complexity index is 467. The summed E-state index contributed by atoms with van der Waals surface area (Å²) in [5, 5.41) is 7.61. The summed E-state index contributed by atoms with van der Waals surface area (Å²) in [6, 6.07) is 1.68. The fraction of sp³-hybridized carbons (Fsp3) is 0.714. The lowest BCUT2D eigenvalue weighted by molar-refractivity contribution is 0.228. The lowest BCUT2D eigenvalue weighted by Gasteiger charge is -2.27. The van der Waals surface area contributed by atoms with Gasteiger partial charge in [0.15, 0.2) is 0 Å². The molecule has 0 saturated carbocycles. The minimum absolute atomic E-state index is 0.0133. The van der Waals surface area contributed by atoms with E-state index < -0.39 is 0 Å². The highest BCUT2D eigenvalue weighted by Gasteiger charge is 2.10. The molecule has 0 radical (unpaired) electrons. The van der Waals surface area contributed by atoms with E-state index >= 15 is 0 Å². The van der Waals surface area contributed by atoms with Crippen LogP contribution in [0.25, 0.3) is 0 Å². The van der Waals surface area contributed by atoms with Crippen LogP contribution in [0.4, 0.5) is 5.69 Å². The van der Waals surface area contributed by atoms with E-state index in [1.807, 2.05) is 7.05 Å². The molecular weight excluding hydrogens is 254 g/mol. The molecule has 0 aromatic carbocycles. The summed E-state index contributed by atoms with van der Waals surface area (Å²) < 4.78 is 1.56. The minimum atomic E-state index is -0.0133. The molecule has 0 atom stereocenters. The van der Waals surface area contributed by atoms with Gasteiger partial charge in [-0.2, -0.15) is 5.10 Å². The molecular formula is C14H25N5O. The summed E-state index contributed by atoms with van der Waals surface area (Å²) in [5.74, 6) is 0. The summed E-state index contributed by atoms with van der Waals surface area (Å²) in [5.41, 5.74) is 0.885. The zero-order valence-electron chi connectivity index (χ0n) is 12.5. The number of nitrogens with zero attached hydrogens (tertiary/aromatic N) is 4. The molecule has 6 heteroatoms. The number of piperazine rings is 1. The predicted molar refractivity (Wildman–Crippen MR) is 81.4 cm³/mol. The Morgan fingerprint density at radius 3 is 2.75 bits per heavy atom. The van der Waals surface area contributed by atoms with Gasteiger partial charge in [0.25, 0.3) is 5.56 Å². The molecule has 1 aliphatic heterocycles. The molecule has 1 aliphatic rings. The lowest BCUT2D eigenvalue weighted by atomic mass is 10.3. The molecule has 0 unspecified atom stereocenters. The van der Waals surface area contributed by atoms with Crippen LogP contribution in [0.3, 0.4) is 0 Å². The monoisotopic (exact) mass is 279 g/mol. The summed E-state index contributed by atoms with van der Waals surface area (Å²) in [4.78, 5) is 16.5. The molecule has 0 aliphatic carbocycles. The van der Waals surface area contributed by atoms with Gasteiger partial charge >= 0.3 is 0 Å². The van der Waals surface area contributed by atoms with Gasteiger partial charge in [0.2, 0.25) is 0 Å². The van der Waals surface area contributed by atoms with Crippen molar-refractivity contribution in [3.8, 4) is 0 Å². The molecule has 112 valence electrons. The van der Waals surface area contributed by atoms with E-state index in [1.165, 1.54) is 0 Å². The van der Waals surface area contributed by atoms with Crippen LogP contribution in [0.5, 0.6) is 0 Å². The van der Waals surface area contributed by atoms with E-state index in [2.05, 4.69) is 27.1 Å². The average molecular weight is 279 g/mol. The zero-order chi connectivity index (χ0) is 14.4. The molecule has 2 rings (SSSR count). The molecule has 1 aromatic rings. The van der Waals surface area contributed by atoms with E-state index in [1.54, 1.807) is 16.9 Å². The maximum Gasteiger partial charge on any atom is 0.268 e. The SMILES string of the molecule is CCCN(C)c1cnn(CCN2CCNCC2)c(=O)c1. The van der Waals surface area contributed by atoms with Gasteiger partial charge in [0, 0.05) is 52.4 Å². The summed E-state index contributed by atoms with van der Waals surface area (Å²) in [6.07, 6.45) is 2.84. The number of hydrogen-bond donors (Lipinski definition) is 1. The molecule has 1 saturated heterocycles. The Kier molecular flexibility index (Phi) is 5.55. The van der Waals surface area contributed by atoms with Crippen molar-refractivity contribution in [3.05, 3.63) is 22.6 Å². The first-order valence-corrected chi connectivity index (χ1v) is 7.42. The Morgan fingerprint density at radius 2 is 2.10 bits per heavy atom. The van der Waals surface area contributed by atoms with E-state index in [9.17, 15) is 4.79 Å². The molecule has 1 fully saturated rings. The molecule has 1 N–H and O–H groups in total. The number of hydrogen-bond acceptors (Lipinski definition) is 5. The molecule has 6 nitrogen and oxygen atoms in total. The van der Waals surface area contributed by atoms with Crippen LogP contribution >= 0.6 is 0 Å². The van der Waals surface area contributed by atoms with Gasteiger partial charge in [-0.05, 0) is 6.42 Å². The minimum Gasteiger partial charge on any atom is -0.373 e. The number of anilines is 1. The van der Waals surface area contributed by atoms with Crippen LogP contribution in [0.2, 0.25) is 0 Å². The van der Waals surface area contributed by atoms with Crippen LogP contribution in [-0.4, -0.2) is 61.0 Å². The first kappa shape index (κ1) is 15.0. The molecule has 1 aromatic heterocycles. The first-order chi connectivity index (χ1) is 9.70. The summed E-state index contributed by atoms with van der Waals surface area (Å²) in [6.45, 7) is 8.77. The van der Waals surface area contributed by atoms with Crippen LogP contribution < -0.4 is 15.8 Å². The highest BCUT2D eigenvalue weighted by atomic mass is 16.1. The molecule has 20 heavy (non-hydrogen) atoms. The fourth-order valence-corrected chi connectivity index (χ4v) is 2.44. The lowest BCUT2D eigenvalue weighted by Crippen LogP contribution is -2.45. The van der Waals surface area contributed by atoms with Crippen LogP contribution in [0.1, 0.15) is 13.3 Å². The van der Waals surface area contributed by atoms with Crippen molar-refractivity contribution in [2.45, 2.75) is 19.9 Å². The third-order valence-corrected chi connectivity index (χ3v) is 3.69. The summed E-state index contributed by atoms with van der Waals surface area (Å²) >= 11 is 0. The van der Waals surface area contributed by atoms with Gasteiger partial charge < -0.3 is 10.2 Å². The Labute approximate surface area is 120 Å². The van der Waals surface area contributed by atoms with E-state index in [0.717, 1.165) is 51.4 Å². The van der Waals surface area contributed by atoms with Crippen molar-refractivity contribution in [1.29, 1.82) is 0 Å². The largest absolute Gasteiger partial charge is 0.373 e. The van der Waals surface area contributed by atoms with Crippen molar-refractivity contribution in [2.24, 2.45) is 0 Å². The molecule has 0 amide bonds. The average Bonchev–Trinajstić information content (AvgIpc) is 2.47. The van der Waals surface area contributed by atoms with Gasteiger partial charge in [0.1, 0.15) is 0 Å². The van der Waals surface area contributed by atoms with Gasteiger partial charge in [-0.1, -0.05) is 6.92 Å². The Balaban J connectivity index is 1.93. The second kappa shape index (κ2) is 7.40. The smallest absolute Gasteiger partial charge is 0.268 e. The normalized spacial score (nSPS) is 16.3. The zero-order valence-corrected chi connectivity index (χ0v) is 12.5. The van der Waals surface area contributed by atoms with Gasteiger partial charge in [-0.15, -0.1) is 0 Å². The summed E-state index contributed by atoms with van der Waals surface area (Å²) in [7, 11) is 1.99. The maximum absolute atomic E-state index is 12.1. The Morgan fingerprint density at radius 1 is 1.35 bits per heavy atom. The standard InChI is InChI=1S/C14H25N5O/c1-3-6-17(2)13-11-14(20)19(16-12-13)10-9-18-7-4-15-5-8-18/h11-12,15H,3-10H2,1-2H3.